The number of hydrogen-bond donors (Lipinski definition) is 1. The Labute approximate surface area is 193 Å². The maximum absolute atomic E-state index is 13.6. The van der Waals surface area contributed by atoms with Gasteiger partial charge < -0.3 is 15.2 Å². The highest BCUT2D eigenvalue weighted by Gasteiger charge is 2.31. The summed E-state index contributed by atoms with van der Waals surface area (Å²) < 4.78 is 2.04. The Morgan fingerprint density at radius 1 is 1.12 bits per heavy atom. The SMILES string of the molecule is C#Cc1cc(C)c(-c2c(C3=C(C(=O)N4CCCC4)CCCC3)c3c(N)ncnc3n2C)cn1. The van der Waals surface area contributed by atoms with Gasteiger partial charge in [0.1, 0.15) is 23.5 Å². The van der Waals surface area contributed by atoms with Crippen molar-refractivity contribution in [2.24, 2.45) is 7.05 Å². The smallest absolute Gasteiger partial charge is 0.250 e. The fourth-order valence-electron chi connectivity index (χ4n) is 5.30. The minimum atomic E-state index is 0.165. The number of carbonyl (C=O) groups excluding carboxylic acids is 1. The zero-order valence-corrected chi connectivity index (χ0v) is 19.2. The van der Waals surface area contributed by atoms with Crippen LogP contribution in [-0.4, -0.2) is 43.4 Å². The van der Waals surface area contributed by atoms with Crippen LogP contribution in [0.15, 0.2) is 24.2 Å². The predicted octanol–water partition coefficient (Wildman–Crippen LogP) is 3.85. The van der Waals surface area contributed by atoms with Crippen LogP contribution in [0.1, 0.15) is 55.3 Å². The third-order valence-electron chi connectivity index (χ3n) is 6.93. The number of nitrogen functional groups attached to an aromatic ring is 1. The standard InChI is InChI=1S/C26H28N6O/c1-4-17-13-16(2)20(14-28-17)23-21(22-24(27)29-15-30-25(22)31(23)3)18-9-5-6-10-19(18)26(33)32-11-7-8-12-32/h1,13-15H,5-12H2,2-3H3,(H2,27,29,30). The number of hydrogen-bond acceptors (Lipinski definition) is 5. The molecule has 1 amide bonds. The van der Waals surface area contributed by atoms with E-state index in [0.29, 0.717) is 11.5 Å². The van der Waals surface area contributed by atoms with Crippen LogP contribution in [0.2, 0.25) is 0 Å². The van der Waals surface area contributed by atoms with Gasteiger partial charge in [0.25, 0.3) is 0 Å². The molecule has 1 aliphatic carbocycles. The first-order valence-corrected chi connectivity index (χ1v) is 11.6. The maximum Gasteiger partial charge on any atom is 0.250 e. The number of allylic oxidation sites excluding steroid dienone is 1. The highest BCUT2D eigenvalue weighted by atomic mass is 16.2. The number of nitrogens with zero attached hydrogens (tertiary/aromatic N) is 5. The van der Waals surface area contributed by atoms with Crippen LogP contribution in [0.4, 0.5) is 5.82 Å². The lowest BCUT2D eigenvalue weighted by Gasteiger charge is -2.25. The van der Waals surface area contributed by atoms with Gasteiger partial charge >= 0.3 is 0 Å². The number of likely N-dealkylation sites (tertiary alicyclic amines) is 1. The number of nitrogens with two attached hydrogens (primary N) is 1. The third kappa shape index (κ3) is 3.46. The lowest BCUT2D eigenvalue weighted by Crippen LogP contribution is -2.30. The number of anilines is 1. The van der Waals surface area contributed by atoms with E-state index in [-0.39, 0.29) is 5.91 Å². The summed E-state index contributed by atoms with van der Waals surface area (Å²) in [6.45, 7) is 3.69. The molecule has 0 spiro atoms. The van der Waals surface area contributed by atoms with Gasteiger partial charge in [0.05, 0.1) is 11.1 Å². The molecular formula is C26H28N6O. The van der Waals surface area contributed by atoms with Crippen molar-refractivity contribution >= 4 is 28.3 Å². The average Bonchev–Trinajstić information content (AvgIpc) is 3.46. The van der Waals surface area contributed by atoms with Gasteiger partial charge in [-0.25, -0.2) is 15.0 Å². The van der Waals surface area contributed by atoms with Gasteiger partial charge in [-0.1, -0.05) is 5.92 Å². The molecular weight excluding hydrogens is 412 g/mol. The molecule has 1 aliphatic heterocycles. The normalized spacial score (nSPS) is 16.5. The van der Waals surface area contributed by atoms with Crippen molar-refractivity contribution in [2.75, 3.05) is 18.8 Å². The van der Waals surface area contributed by atoms with Crippen molar-refractivity contribution in [1.82, 2.24) is 24.4 Å². The van der Waals surface area contributed by atoms with Crippen LogP contribution in [0, 0.1) is 19.3 Å². The van der Waals surface area contributed by atoms with Gasteiger partial charge in [-0.2, -0.15) is 0 Å². The Balaban J connectivity index is 1.83. The second-order valence-corrected chi connectivity index (χ2v) is 8.93. The van der Waals surface area contributed by atoms with Gasteiger partial charge in [0, 0.05) is 43.0 Å². The molecule has 33 heavy (non-hydrogen) atoms. The first-order valence-electron chi connectivity index (χ1n) is 11.6. The Bertz CT molecular complexity index is 1340. The number of aryl methyl sites for hydroxylation is 2. The van der Waals surface area contributed by atoms with Crippen molar-refractivity contribution in [3.05, 3.63) is 41.0 Å². The number of fused-ring (bicyclic) bond motifs is 1. The molecule has 0 atom stereocenters. The minimum absolute atomic E-state index is 0.165. The van der Waals surface area contributed by atoms with E-state index in [4.69, 9.17) is 12.2 Å². The van der Waals surface area contributed by atoms with Gasteiger partial charge in [0.2, 0.25) is 5.91 Å². The van der Waals surface area contributed by atoms with E-state index in [1.165, 1.54) is 6.33 Å². The Morgan fingerprint density at radius 3 is 2.61 bits per heavy atom. The van der Waals surface area contributed by atoms with E-state index in [9.17, 15) is 4.79 Å². The molecule has 7 nitrogen and oxygen atoms in total. The summed E-state index contributed by atoms with van der Waals surface area (Å²) in [4.78, 5) is 28.9. The zero-order chi connectivity index (χ0) is 23.1. The van der Waals surface area contributed by atoms with E-state index < -0.39 is 0 Å². The molecule has 5 rings (SSSR count). The Kier molecular flexibility index (Phi) is 5.37. The van der Waals surface area contributed by atoms with E-state index in [1.807, 2.05) is 35.7 Å². The highest BCUT2D eigenvalue weighted by molar-refractivity contribution is 6.10. The summed E-state index contributed by atoms with van der Waals surface area (Å²) in [6, 6.07) is 1.91. The maximum atomic E-state index is 13.6. The molecule has 0 unspecified atom stereocenters. The summed E-state index contributed by atoms with van der Waals surface area (Å²) in [5.74, 6) is 3.20. The molecule has 3 aromatic heterocycles. The lowest BCUT2D eigenvalue weighted by molar-refractivity contribution is -0.126. The number of amides is 1. The summed E-state index contributed by atoms with van der Waals surface area (Å²) in [5.41, 5.74) is 13.6. The summed E-state index contributed by atoms with van der Waals surface area (Å²) in [7, 11) is 1.98. The summed E-state index contributed by atoms with van der Waals surface area (Å²) in [5, 5.41) is 0.805. The largest absolute Gasteiger partial charge is 0.383 e. The molecule has 0 radical (unpaired) electrons. The van der Waals surface area contributed by atoms with Gasteiger partial charge in [-0.05, 0) is 62.7 Å². The molecule has 0 saturated carbocycles. The van der Waals surface area contributed by atoms with Crippen molar-refractivity contribution in [3.8, 4) is 23.6 Å². The first-order chi connectivity index (χ1) is 16.0. The summed E-state index contributed by atoms with van der Waals surface area (Å²) >= 11 is 0. The van der Waals surface area contributed by atoms with Crippen molar-refractivity contribution in [1.29, 1.82) is 0 Å². The lowest BCUT2D eigenvalue weighted by atomic mass is 9.84. The molecule has 2 aliphatic rings. The molecule has 4 heterocycles. The van der Waals surface area contributed by atoms with Crippen molar-refractivity contribution in [2.45, 2.75) is 45.4 Å². The van der Waals surface area contributed by atoms with E-state index in [2.05, 4.69) is 20.9 Å². The second-order valence-electron chi connectivity index (χ2n) is 8.93. The Hall–Kier alpha value is -3.66. The number of aromatic nitrogens is 4. The van der Waals surface area contributed by atoms with E-state index in [1.54, 1.807) is 0 Å². The number of carbonyl (C=O) groups is 1. The first kappa shape index (κ1) is 21.2. The molecule has 1 saturated heterocycles. The quantitative estimate of drug-likeness (QED) is 0.625. The van der Waals surface area contributed by atoms with Crippen LogP contribution in [0.5, 0.6) is 0 Å². The monoisotopic (exact) mass is 440 g/mol. The van der Waals surface area contributed by atoms with Crippen LogP contribution in [-0.2, 0) is 11.8 Å². The third-order valence-corrected chi connectivity index (χ3v) is 6.93. The molecule has 0 bridgehead atoms. The van der Waals surface area contributed by atoms with Gasteiger partial charge in [0.15, 0.2) is 0 Å². The molecule has 2 N–H and O–H groups in total. The van der Waals surface area contributed by atoms with Crippen LogP contribution < -0.4 is 5.73 Å². The predicted molar refractivity (Wildman–Crippen MR) is 130 cm³/mol. The molecule has 0 aromatic carbocycles. The van der Waals surface area contributed by atoms with Gasteiger partial charge in [-0.15, -0.1) is 6.42 Å². The second kappa shape index (κ2) is 8.36. The van der Waals surface area contributed by atoms with E-state index in [0.717, 1.165) is 96.2 Å². The zero-order valence-electron chi connectivity index (χ0n) is 19.2. The summed E-state index contributed by atoms with van der Waals surface area (Å²) in [6.07, 6.45) is 14.7. The van der Waals surface area contributed by atoms with Crippen molar-refractivity contribution in [3.63, 3.8) is 0 Å². The number of terminal acetylenes is 1. The van der Waals surface area contributed by atoms with Crippen LogP contribution in [0.25, 0.3) is 27.9 Å². The fraction of sp³-hybridized carbons (Fsp3) is 0.385. The molecule has 168 valence electrons. The highest BCUT2D eigenvalue weighted by Crippen LogP contribution is 2.45. The number of rotatable bonds is 3. The van der Waals surface area contributed by atoms with Crippen LogP contribution >= 0.6 is 0 Å². The van der Waals surface area contributed by atoms with Crippen molar-refractivity contribution < 1.29 is 4.79 Å². The number of pyridine rings is 1. The van der Waals surface area contributed by atoms with E-state index >= 15 is 0 Å². The molecule has 3 aromatic rings. The topological polar surface area (TPSA) is 89.9 Å². The molecule has 1 fully saturated rings. The molecule has 7 heteroatoms. The average molecular weight is 441 g/mol. The minimum Gasteiger partial charge on any atom is -0.383 e. The Morgan fingerprint density at radius 2 is 1.88 bits per heavy atom. The fourth-order valence-corrected chi connectivity index (χ4v) is 5.30. The van der Waals surface area contributed by atoms with Gasteiger partial charge in [-0.3, -0.25) is 4.79 Å². The van der Waals surface area contributed by atoms with Crippen LogP contribution in [0.3, 0.4) is 0 Å².